The van der Waals surface area contributed by atoms with Crippen molar-refractivity contribution in [2.75, 3.05) is 26.2 Å². The van der Waals surface area contributed by atoms with Crippen LogP contribution in [0.15, 0.2) is 48.5 Å². The molecule has 0 unspecified atom stereocenters. The Hall–Kier alpha value is -1.91. The molecule has 1 aliphatic heterocycles. The molecular formula is C18H18ClFN2O. The molecule has 0 radical (unpaired) electrons. The summed E-state index contributed by atoms with van der Waals surface area (Å²) in [6.07, 6.45) is 0. The van der Waals surface area contributed by atoms with Gasteiger partial charge in [-0.15, -0.1) is 0 Å². The molecule has 3 rings (SSSR count). The number of hydrogen-bond donors (Lipinski definition) is 0. The lowest BCUT2D eigenvalue weighted by Crippen LogP contribution is -2.48. The van der Waals surface area contributed by atoms with E-state index in [0.717, 1.165) is 24.7 Å². The van der Waals surface area contributed by atoms with E-state index in [0.29, 0.717) is 18.7 Å². The molecule has 0 aliphatic carbocycles. The van der Waals surface area contributed by atoms with Crippen molar-refractivity contribution >= 4 is 17.5 Å². The zero-order valence-corrected chi connectivity index (χ0v) is 13.5. The summed E-state index contributed by atoms with van der Waals surface area (Å²) in [5.41, 5.74) is 1.71. The first-order chi connectivity index (χ1) is 11.1. The maximum absolute atomic E-state index is 12.9. The highest BCUT2D eigenvalue weighted by atomic mass is 35.5. The molecule has 1 heterocycles. The highest BCUT2D eigenvalue weighted by Crippen LogP contribution is 2.15. The molecule has 1 saturated heterocycles. The molecule has 23 heavy (non-hydrogen) atoms. The predicted molar refractivity (Wildman–Crippen MR) is 89.0 cm³/mol. The van der Waals surface area contributed by atoms with E-state index in [1.807, 2.05) is 23.1 Å². The largest absolute Gasteiger partial charge is 0.336 e. The molecule has 1 amide bonds. The molecule has 0 saturated carbocycles. The molecule has 2 aromatic rings. The molecule has 0 N–H and O–H groups in total. The van der Waals surface area contributed by atoms with Gasteiger partial charge < -0.3 is 4.90 Å². The van der Waals surface area contributed by atoms with Crippen LogP contribution in [0.4, 0.5) is 4.39 Å². The molecule has 3 nitrogen and oxygen atoms in total. The van der Waals surface area contributed by atoms with Crippen molar-refractivity contribution in [2.45, 2.75) is 6.54 Å². The third-order valence-electron chi connectivity index (χ3n) is 4.05. The van der Waals surface area contributed by atoms with Crippen molar-refractivity contribution in [2.24, 2.45) is 0 Å². The average Bonchev–Trinajstić information content (AvgIpc) is 2.56. The Balaban J connectivity index is 1.55. The third-order valence-corrected chi connectivity index (χ3v) is 4.28. The number of rotatable bonds is 3. The van der Waals surface area contributed by atoms with Crippen molar-refractivity contribution in [1.29, 1.82) is 0 Å². The maximum Gasteiger partial charge on any atom is 0.253 e. The number of halogens is 2. The molecule has 0 atom stereocenters. The van der Waals surface area contributed by atoms with Crippen LogP contribution in [0.25, 0.3) is 0 Å². The molecule has 1 fully saturated rings. The maximum atomic E-state index is 12.9. The highest BCUT2D eigenvalue weighted by molar-refractivity contribution is 6.30. The van der Waals surface area contributed by atoms with Gasteiger partial charge in [0.15, 0.2) is 0 Å². The van der Waals surface area contributed by atoms with Crippen LogP contribution in [-0.2, 0) is 6.54 Å². The Labute approximate surface area is 140 Å². The summed E-state index contributed by atoms with van der Waals surface area (Å²) < 4.78 is 12.9. The number of hydrogen-bond acceptors (Lipinski definition) is 2. The van der Waals surface area contributed by atoms with Crippen molar-refractivity contribution < 1.29 is 9.18 Å². The van der Waals surface area contributed by atoms with Gasteiger partial charge in [-0.25, -0.2) is 4.39 Å². The number of amides is 1. The van der Waals surface area contributed by atoms with Gasteiger partial charge in [-0.3, -0.25) is 9.69 Å². The van der Waals surface area contributed by atoms with Crippen LogP contribution >= 0.6 is 11.6 Å². The van der Waals surface area contributed by atoms with Crippen LogP contribution in [-0.4, -0.2) is 41.9 Å². The smallest absolute Gasteiger partial charge is 0.253 e. The number of carbonyl (C=O) groups is 1. The number of nitrogens with zero attached hydrogens (tertiary/aromatic N) is 2. The van der Waals surface area contributed by atoms with E-state index >= 15 is 0 Å². The first-order valence-corrected chi connectivity index (χ1v) is 8.01. The zero-order valence-electron chi connectivity index (χ0n) is 12.7. The van der Waals surface area contributed by atoms with Gasteiger partial charge in [0.25, 0.3) is 5.91 Å². The molecule has 5 heteroatoms. The minimum atomic E-state index is -0.326. The van der Waals surface area contributed by atoms with E-state index in [2.05, 4.69) is 11.0 Å². The van der Waals surface area contributed by atoms with Crippen LogP contribution < -0.4 is 0 Å². The van der Waals surface area contributed by atoms with Crippen LogP contribution in [0.1, 0.15) is 15.9 Å². The summed E-state index contributed by atoms with van der Waals surface area (Å²) in [6, 6.07) is 13.6. The van der Waals surface area contributed by atoms with Gasteiger partial charge in [0.1, 0.15) is 5.82 Å². The normalized spacial score (nSPS) is 15.7. The highest BCUT2D eigenvalue weighted by Gasteiger charge is 2.22. The quantitative estimate of drug-likeness (QED) is 0.859. The van der Waals surface area contributed by atoms with E-state index in [1.165, 1.54) is 29.8 Å². The zero-order chi connectivity index (χ0) is 16.2. The van der Waals surface area contributed by atoms with Gasteiger partial charge in [0.2, 0.25) is 0 Å². The topological polar surface area (TPSA) is 23.6 Å². The van der Waals surface area contributed by atoms with Crippen molar-refractivity contribution in [3.05, 3.63) is 70.5 Å². The first kappa shape index (κ1) is 16.0. The Morgan fingerprint density at radius 2 is 1.74 bits per heavy atom. The summed E-state index contributed by atoms with van der Waals surface area (Å²) in [4.78, 5) is 16.5. The van der Waals surface area contributed by atoms with Gasteiger partial charge in [0.05, 0.1) is 0 Å². The second-order valence-electron chi connectivity index (χ2n) is 5.71. The number of carbonyl (C=O) groups excluding carboxylic acids is 1. The Morgan fingerprint density at radius 3 is 2.39 bits per heavy atom. The fraction of sp³-hybridized carbons (Fsp3) is 0.278. The lowest BCUT2D eigenvalue weighted by atomic mass is 10.1. The third kappa shape index (κ3) is 4.09. The summed E-state index contributed by atoms with van der Waals surface area (Å²) in [5.74, 6) is -0.361. The fourth-order valence-electron chi connectivity index (χ4n) is 2.78. The van der Waals surface area contributed by atoms with Crippen LogP contribution in [0.2, 0.25) is 5.02 Å². The first-order valence-electron chi connectivity index (χ1n) is 7.63. The lowest BCUT2D eigenvalue weighted by Gasteiger charge is -2.34. The molecular weight excluding hydrogens is 315 g/mol. The van der Waals surface area contributed by atoms with Crippen LogP contribution in [0, 0.1) is 5.82 Å². The Bertz CT molecular complexity index is 682. The molecule has 1 aliphatic rings. The van der Waals surface area contributed by atoms with Crippen LogP contribution in [0.5, 0.6) is 0 Å². The van der Waals surface area contributed by atoms with Gasteiger partial charge in [0, 0.05) is 43.3 Å². The minimum absolute atomic E-state index is 0.0348. The molecule has 2 aromatic carbocycles. The van der Waals surface area contributed by atoms with Gasteiger partial charge in [-0.05, 0) is 42.0 Å². The molecule has 0 bridgehead atoms. The molecule has 120 valence electrons. The predicted octanol–water partition coefficient (Wildman–Crippen LogP) is 3.44. The minimum Gasteiger partial charge on any atom is -0.336 e. The van der Waals surface area contributed by atoms with Crippen LogP contribution in [0.3, 0.4) is 0 Å². The fourth-order valence-corrected chi connectivity index (χ4v) is 2.99. The summed E-state index contributed by atoms with van der Waals surface area (Å²) in [6.45, 7) is 3.82. The second-order valence-corrected chi connectivity index (χ2v) is 6.14. The standard InChI is InChI=1S/C18H18ClFN2O/c19-16-3-1-2-14(12-16)13-21-8-10-22(11-9-21)18(23)15-4-6-17(20)7-5-15/h1-7,12H,8-11,13H2. The van der Waals surface area contributed by atoms with Gasteiger partial charge in [-0.2, -0.15) is 0 Å². The van der Waals surface area contributed by atoms with Gasteiger partial charge >= 0.3 is 0 Å². The number of benzene rings is 2. The van der Waals surface area contributed by atoms with E-state index in [9.17, 15) is 9.18 Å². The SMILES string of the molecule is O=C(c1ccc(F)cc1)N1CCN(Cc2cccc(Cl)c2)CC1. The Morgan fingerprint density at radius 1 is 1.04 bits per heavy atom. The Kier molecular flexibility index (Phi) is 4.94. The van der Waals surface area contributed by atoms with E-state index in [-0.39, 0.29) is 11.7 Å². The monoisotopic (exact) mass is 332 g/mol. The number of piperazine rings is 1. The van der Waals surface area contributed by atoms with E-state index in [1.54, 1.807) is 0 Å². The molecule has 0 aromatic heterocycles. The van der Waals surface area contributed by atoms with E-state index < -0.39 is 0 Å². The van der Waals surface area contributed by atoms with E-state index in [4.69, 9.17) is 11.6 Å². The summed E-state index contributed by atoms with van der Waals surface area (Å²) >= 11 is 6.01. The average molecular weight is 333 g/mol. The molecule has 0 spiro atoms. The van der Waals surface area contributed by atoms with Crippen molar-refractivity contribution in [1.82, 2.24) is 9.80 Å². The summed E-state index contributed by atoms with van der Waals surface area (Å²) in [5, 5.41) is 0.743. The lowest BCUT2D eigenvalue weighted by molar-refractivity contribution is 0.0628. The van der Waals surface area contributed by atoms with Gasteiger partial charge in [-0.1, -0.05) is 23.7 Å². The van der Waals surface area contributed by atoms with Crippen molar-refractivity contribution in [3.8, 4) is 0 Å². The summed E-state index contributed by atoms with van der Waals surface area (Å²) in [7, 11) is 0. The second kappa shape index (κ2) is 7.11. The van der Waals surface area contributed by atoms with Crippen molar-refractivity contribution in [3.63, 3.8) is 0 Å².